The van der Waals surface area contributed by atoms with Crippen molar-refractivity contribution in [2.24, 2.45) is 5.41 Å². The quantitative estimate of drug-likeness (QED) is 0.911. The second-order valence-electron chi connectivity index (χ2n) is 6.08. The summed E-state index contributed by atoms with van der Waals surface area (Å²) in [7, 11) is 0. The highest BCUT2D eigenvalue weighted by Crippen LogP contribution is 2.40. The largest absolute Gasteiger partial charge is 0.481 e. The minimum Gasteiger partial charge on any atom is -0.481 e. The SMILES string of the molecule is CC1(C(=O)O)CCN(C(=O)C2SCCc3ccccc32)C1. The van der Waals surface area contributed by atoms with Crippen LogP contribution in [0.4, 0.5) is 0 Å². The molecule has 0 radical (unpaired) electrons. The van der Waals surface area contributed by atoms with Gasteiger partial charge < -0.3 is 10.0 Å². The maximum Gasteiger partial charge on any atom is 0.311 e. The van der Waals surface area contributed by atoms with Gasteiger partial charge in [-0.05, 0) is 36.6 Å². The topological polar surface area (TPSA) is 57.6 Å². The van der Waals surface area contributed by atoms with Gasteiger partial charge in [0.2, 0.25) is 5.91 Å². The fraction of sp³-hybridized carbons (Fsp3) is 0.500. The van der Waals surface area contributed by atoms with Crippen molar-refractivity contribution in [2.45, 2.75) is 25.0 Å². The highest BCUT2D eigenvalue weighted by atomic mass is 32.2. The fourth-order valence-electron chi connectivity index (χ4n) is 3.09. The molecular formula is C16H19NO3S. The number of aliphatic carboxylic acids is 1. The Balaban J connectivity index is 1.80. The third kappa shape index (κ3) is 2.55. The summed E-state index contributed by atoms with van der Waals surface area (Å²) in [6.07, 6.45) is 1.53. The van der Waals surface area contributed by atoms with E-state index >= 15 is 0 Å². The molecule has 1 saturated heterocycles. The molecule has 0 aromatic heterocycles. The first-order valence-corrected chi connectivity index (χ1v) is 8.28. The van der Waals surface area contributed by atoms with Crippen LogP contribution in [0.2, 0.25) is 0 Å². The van der Waals surface area contributed by atoms with Gasteiger partial charge in [-0.25, -0.2) is 0 Å². The molecule has 0 saturated carbocycles. The Morgan fingerprint density at radius 2 is 2.14 bits per heavy atom. The second kappa shape index (κ2) is 5.37. The number of nitrogens with zero attached hydrogens (tertiary/aromatic N) is 1. The molecule has 2 unspecified atom stereocenters. The number of hydrogen-bond donors (Lipinski definition) is 1. The van der Waals surface area contributed by atoms with Crippen LogP contribution < -0.4 is 0 Å². The van der Waals surface area contributed by atoms with Crippen molar-refractivity contribution in [3.05, 3.63) is 35.4 Å². The first-order valence-electron chi connectivity index (χ1n) is 7.23. The maximum atomic E-state index is 12.8. The zero-order valence-corrected chi connectivity index (χ0v) is 12.9. The number of rotatable bonds is 2. The molecular weight excluding hydrogens is 286 g/mol. The van der Waals surface area contributed by atoms with Gasteiger partial charge >= 0.3 is 5.97 Å². The summed E-state index contributed by atoms with van der Waals surface area (Å²) in [5, 5.41) is 9.12. The Morgan fingerprint density at radius 3 is 2.86 bits per heavy atom. The van der Waals surface area contributed by atoms with Crippen LogP contribution >= 0.6 is 11.8 Å². The van der Waals surface area contributed by atoms with Crippen LogP contribution in [0.5, 0.6) is 0 Å². The van der Waals surface area contributed by atoms with Crippen molar-refractivity contribution in [2.75, 3.05) is 18.8 Å². The summed E-state index contributed by atoms with van der Waals surface area (Å²) in [4.78, 5) is 25.8. The number of likely N-dealkylation sites (tertiary alicyclic amines) is 1. The highest BCUT2D eigenvalue weighted by Gasteiger charge is 2.44. The molecule has 2 atom stereocenters. The van der Waals surface area contributed by atoms with E-state index in [9.17, 15) is 14.7 Å². The van der Waals surface area contributed by atoms with Crippen LogP contribution in [0, 0.1) is 5.41 Å². The summed E-state index contributed by atoms with van der Waals surface area (Å²) in [6.45, 7) is 2.59. The highest BCUT2D eigenvalue weighted by molar-refractivity contribution is 8.00. The molecule has 5 heteroatoms. The fourth-order valence-corrected chi connectivity index (χ4v) is 4.36. The molecule has 2 aliphatic rings. The molecule has 1 aromatic rings. The smallest absolute Gasteiger partial charge is 0.311 e. The Bertz CT molecular complexity index is 589. The van der Waals surface area contributed by atoms with Crippen LogP contribution in [0.15, 0.2) is 24.3 Å². The summed E-state index contributed by atoms with van der Waals surface area (Å²) in [5.41, 5.74) is 1.55. The number of carboxylic acid groups (broad SMARTS) is 1. The summed E-state index contributed by atoms with van der Waals surface area (Å²) in [5.74, 6) is 0.198. The van der Waals surface area contributed by atoms with Crippen LogP contribution in [-0.4, -0.2) is 40.7 Å². The lowest BCUT2D eigenvalue weighted by atomic mass is 9.90. The first kappa shape index (κ1) is 14.4. The van der Waals surface area contributed by atoms with Crippen LogP contribution in [0.25, 0.3) is 0 Å². The molecule has 1 amide bonds. The summed E-state index contributed by atoms with van der Waals surface area (Å²) < 4.78 is 0. The monoisotopic (exact) mass is 305 g/mol. The molecule has 21 heavy (non-hydrogen) atoms. The number of carboxylic acids is 1. The van der Waals surface area contributed by atoms with Crippen molar-refractivity contribution in [3.63, 3.8) is 0 Å². The van der Waals surface area contributed by atoms with Crippen LogP contribution in [-0.2, 0) is 16.0 Å². The van der Waals surface area contributed by atoms with Gasteiger partial charge in [-0.3, -0.25) is 9.59 Å². The van der Waals surface area contributed by atoms with Crippen molar-refractivity contribution >= 4 is 23.6 Å². The van der Waals surface area contributed by atoms with E-state index in [0.29, 0.717) is 19.5 Å². The number of thioether (sulfide) groups is 1. The van der Waals surface area contributed by atoms with Gasteiger partial charge in [-0.2, -0.15) is 0 Å². The lowest BCUT2D eigenvalue weighted by molar-refractivity contribution is -0.147. The Hall–Kier alpha value is -1.49. The number of aryl methyl sites for hydroxylation is 1. The van der Waals surface area contributed by atoms with Gasteiger partial charge in [0.15, 0.2) is 0 Å². The van der Waals surface area contributed by atoms with Gasteiger partial charge in [-0.15, -0.1) is 11.8 Å². The third-order valence-electron chi connectivity index (χ3n) is 4.52. The van der Waals surface area contributed by atoms with Gasteiger partial charge in [0.25, 0.3) is 0 Å². The average molecular weight is 305 g/mol. The van der Waals surface area contributed by atoms with E-state index in [1.807, 2.05) is 18.2 Å². The summed E-state index contributed by atoms with van der Waals surface area (Å²) in [6, 6.07) is 8.08. The zero-order chi connectivity index (χ0) is 15.0. The molecule has 3 rings (SSSR count). The van der Waals surface area contributed by atoms with E-state index in [0.717, 1.165) is 17.7 Å². The minimum atomic E-state index is -0.811. The van der Waals surface area contributed by atoms with E-state index < -0.39 is 11.4 Å². The minimum absolute atomic E-state index is 0.0668. The predicted molar refractivity (Wildman–Crippen MR) is 82.3 cm³/mol. The van der Waals surface area contributed by atoms with Crippen LogP contribution in [0.1, 0.15) is 29.7 Å². The normalized spacial score (nSPS) is 28.2. The van der Waals surface area contributed by atoms with Gasteiger partial charge in [0, 0.05) is 13.1 Å². The van der Waals surface area contributed by atoms with Crippen molar-refractivity contribution in [1.82, 2.24) is 4.90 Å². The summed E-state index contributed by atoms with van der Waals surface area (Å²) >= 11 is 1.67. The number of benzene rings is 1. The number of carbonyl (C=O) groups excluding carboxylic acids is 1. The maximum absolute atomic E-state index is 12.8. The number of carbonyl (C=O) groups is 2. The number of fused-ring (bicyclic) bond motifs is 1. The van der Waals surface area contributed by atoms with E-state index in [4.69, 9.17) is 0 Å². The zero-order valence-electron chi connectivity index (χ0n) is 12.0. The van der Waals surface area contributed by atoms with Gasteiger partial charge in [0.05, 0.1) is 5.41 Å². The average Bonchev–Trinajstić information content (AvgIpc) is 2.90. The molecule has 0 aliphatic carbocycles. The first-order chi connectivity index (χ1) is 10.0. The number of hydrogen-bond acceptors (Lipinski definition) is 3. The van der Waals surface area contributed by atoms with Crippen molar-refractivity contribution in [1.29, 1.82) is 0 Å². The molecule has 1 aromatic carbocycles. The lowest BCUT2D eigenvalue weighted by Gasteiger charge is -2.28. The molecule has 1 fully saturated rings. The Morgan fingerprint density at radius 1 is 1.38 bits per heavy atom. The van der Waals surface area contributed by atoms with E-state index in [2.05, 4.69) is 6.07 Å². The molecule has 1 N–H and O–H groups in total. The predicted octanol–water partition coefficient (Wildman–Crippen LogP) is 2.34. The molecule has 112 valence electrons. The molecule has 2 heterocycles. The Kier molecular flexibility index (Phi) is 3.69. The van der Waals surface area contributed by atoms with E-state index in [1.54, 1.807) is 23.6 Å². The van der Waals surface area contributed by atoms with Gasteiger partial charge in [-0.1, -0.05) is 24.3 Å². The van der Waals surface area contributed by atoms with Crippen LogP contribution in [0.3, 0.4) is 0 Å². The second-order valence-corrected chi connectivity index (χ2v) is 7.29. The molecule has 0 bridgehead atoms. The van der Waals surface area contributed by atoms with Gasteiger partial charge in [0.1, 0.15) is 5.25 Å². The molecule has 4 nitrogen and oxygen atoms in total. The van der Waals surface area contributed by atoms with E-state index in [1.165, 1.54) is 5.56 Å². The van der Waals surface area contributed by atoms with Crippen molar-refractivity contribution in [3.8, 4) is 0 Å². The molecule has 2 aliphatic heterocycles. The van der Waals surface area contributed by atoms with E-state index in [-0.39, 0.29) is 11.2 Å². The lowest BCUT2D eigenvalue weighted by Crippen LogP contribution is -2.37. The molecule has 0 spiro atoms. The number of amides is 1. The third-order valence-corrected chi connectivity index (χ3v) is 5.75. The Labute approximate surface area is 128 Å². The van der Waals surface area contributed by atoms with Crippen molar-refractivity contribution < 1.29 is 14.7 Å². The standard InChI is InChI=1S/C16H19NO3S/c1-16(15(19)20)7-8-17(10-16)14(18)13-12-5-3-2-4-11(12)6-9-21-13/h2-5,13H,6-10H2,1H3,(H,19,20).